The zero-order chi connectivity index (χ0) is 42.0. The zero-order valence-electron chi connectivity index (χ0n) is 32.4. The number of amides is 2. The van der Waals surface area contributed by atoms with Crippen LogP contribution in [0.25, 0.3) is 0 Å². The summed E-state index contributed by atoms with van der Waals surface area (Å²) in [5.74, 6) is -0.665. The number of carbonyl (C=O) groups is 2. The summed E-state index contributed by atoms with van der Waals surface area (Å²) in [6.07, 6.45) is -10.3. The zero-order valence-corrected chi connectivity index (χ0v) is 32.4. The van der Waals surface area contributed by atoms with Crippen molar-refractivity contribution in [2.75, 3.05) is 6.61 Å². The third kappa shape index (κ3) is 12.4. The molecule has 3 fully saturated rings. The molecular formula is C37H60N4O16. The molecule has 0 spiro atoms. The van der Waals surface area contributed by atoms with Gasteiger partial charge in [-0.3, -0.25) is 23.9 Å². The van der Waals surface area contributed by atoms with E-state index in [2.05, 4.69) is 24.5 Å². The van der Waals surface area contributed by atoms with Gasteiger partial charge in [0.25, 0.3) is 5.56 Å². The number of ether oxygens (including phenoxy) is 4. The summed E-state index contributed by atoms with van der Waals surface area (Å²) in [6.45, 7) is 4.75. The maximum Gasteiger partial charge on any atom is 0.330 e. The van der Waals surface area contributed by atoms with Gasteiger partial charge in [0.1, 0.15) is 60.9 Å². The normalized spacial score (nSPS) is 35.1. The van der Waals surface area contributed by atoms with Gasteiger partial charge < -0.3 is 70.4 Å². The van der Waals surface area contributed by atoms with Gasteiger partial charge in [0.15, 0.2) is 18.8 Å². The number of nitrogens with zero attached hydrogens (tertiary/aromatic N) is 1. The fourth-order valence-corrected chi connectivity index (χ4v) is 7.27. The minimum Gasteiger partial charge on any atom is -0.394 e. The van der Waals surface area contributed by atoms with Gasteiger partial charge in [-0.15, -0.1) is 0 Å². The van der Waals surface area contributed by atoms with Crippen molar-refractivity contribution in [2.24, 2.45) is 5.92 Å². The molecule has 4 rings (SSSR count). The summed E-state index contributed by atoms with van der Waals surface area (Å²) in [5.41, 5.74) is -1.68. The lowest BCUT2D eigenvalue weighted by Crippen LogP contribution is -2.68. The first-order valence-electron chi connectivity index (χ1n) is 19.6. The highest BCUT2D eigenvalue weighted by atomic mass is 16.8. The average molecular weight is 817 g/mol. The number of aromatic nitrogens is 2. The highest BCUT2D eigenvalue weighted by Gasteiger charge is 2.53. The van der Waals surface area contributed by atoms with Crippen molar-refractivity contribution in [3.05, 3.63) is 45.3 Å². The van der Waals surface area contributed by atoms with Crippen LogP contribution in [0.4, 0.5) is 0 Å². The summed E-state index contributed by atoms with van der Waals surface area (Å²) in [6, 6.07) is -2.01. The number of allylic oxidation sites excluding steroid dienone is 1. The molecule has 11 N–H and O–H groups in total. The van der Waals surface area contributed by atoms with Crippen molar-refractivity contribution in [3.8, 4) is 0 Å². The van der Waals surface area contributed by atoms with Crippen LogP contribution >= 0.6 is 0 Å². The molecule has 0 saturated carbocycles. The lowest BCUT2D eigenvalue weighted by atomic mass is 9.91. The van der Waals surface area contributed by atoms with Gasteiger partial charge >= 0.3 is 5.69 Å². The molecule has 1 aromatic heterocycles. The molecule has 3 saturated heterocycles. The second-order valence-corrected chi connectivity index (χ2v) is 15.4. The molecular weight excluding hydrogens is 756 g/mol. The quantitative estimate of drug-likeness (QED) is 0.0494. The van der Waals surface area contributed by atoms with E-state index in [1.54, 1.807) is 6.08 Å². The van der Waals surface area contributed by atoms with Gasteiger partial charge in [-0.1, -0.05) is 58.4 Å². The Bertz CT molecular complexity index is 1570. The van der Waals surface area contributed by atoms with E-state index >= 15 is 0 Å². The van der Waals surface area contributed by atoms with Gasteiger partial charge in [0.2, 0.25) is 11.8 Å². The number of aliphatic hydroxyl groups excluding tert-OH is 8. The molecule has 20 heteroatoms. The van der Waals surface area contributed by atoms with Gasteiger partial charge in [0, 0.05) is 25.6 Å². The molecule has 57 heavy (non-hydrogen) atoms. The number of hydrogen-bond acceptors (Lipinski definition) is 16. The first-order chi connectivity index (χ1) is 27.0. The van der Waals surface area contributed by atoms with Crippen LogP contribution in [0.5, 0.6) is 0 Å². The van der Waals surface area contributed by atoms with E-state index in [0.29, 0.717) is 12.3 Å². The minimum atomic E-state index is -1.85. The van der Waals surface area contributed by atoms with Gasteiger partial charge in [-0.25, -0.2) is 4.79 Å². The molecule has 20 nitrogen and oxygen atoms in total. The van der Waals surface area contributed by atoms with E-state index in [9.17, 15) is 60.0 Å². The Morgan fingerprint density at radius 2 is 1.44 bits per heavy atom. The predicted octanol–water partition coefficient (Wildman–Crippen LogP) is -2.87. The molecule has 1 aromatic rings. The van der Waals surface area contributed by atoms with E-state index in [1.165, 1.54) is 25.3 Å². The molecule has 0 aliphatic carbocycles. The third-order valence-electron chi connectivity index (χ3n) is 10.5. The Morgan fingerprint density at radius 1 is 0.842 bits per heavy atom. The number of aliphatic hydroxyl groups is 8. The molecule has 324 valence electrons. The first-order valence-corrected chi connectivity index (χ1v) is 19.6. The number of hydrogen-bond donors (Lipinski definition) is 11. The fraction of sp³-hybridized carbons (Fsp3) is 0.784. The predicted molar refractivity (Wildman–Crippen MR) is 198 cm³/mol. The van der Waals surface area contributed by atoms with Gasteiger partial charge in [-0.05, 0) is 24.8 Å². The summed E-state index contributed by atoms with van der Waals surface area (Å²) in [5, 5.41) is 91.3. The highest BCUT2D eigenvalue weighted by molar-refractivity contribution is 5.87. The van der Waals surface area contributed by atoms with E-state index in [1.807, 2.05) is 4.98 Å². The van der Waals surface area contributed by atoms with Crippen molar-refractivity contribution in [1.29, 1.82) is 0 Å². The largest absolute Gasteiger partial charge is 0.394 e. The average Bonchev–Trinajstić information content (AvgIpc) is 3.45. The summed E-state index contributed by atoms with van der Waals surface area (Å²) < 4.78 is 24.1. The summed E-state index contributed by atoms with van der Waals surface area (Å²) >= 11 is 0. The molecule has 4 unspecified atom stereocenters. The first kappa shape index (κ1) is 46.6. The molecule has 0 bridgehead atoms. The monoisotopic (exact) mass is 816 g/mol. The van der Waals surface area contributed by atoms with Crippen molar-refractivity contribution >= 4 is 11.8 Å². The SMILES string of the molecule is CC(=O)N[C@@H]1[C@@H](O[C@@H]2OC(CC(O)[C@H]3O[C@@H](n4ccc(=O)[nH]c4=O)C(O)C3O)[C@@H](O)[C@@H](O)[C@@H]2NC(=O)/C=C/CCCCCCCCC(C)C)O[C@H](CO)[C@H](O)[C@@H]1O. The van der Waals surface area contributed by atoms with Crippen LogP contribution in [0.2, 0.25) is 0 Å². The van der Waals surface area contributed by atoms with Crippen LogP contribution in [-0.4, -0.2) is 155 Å². The van der Waals surface area contributed by atoms with E-state index < -0.39 is 128 Å². The number of rotatable bonds is 19. The molecule has 4 heterocycles. The standard InChI is InChI=1S/C37H60N4O16/c1-18(2)12-10-8-6-4-5-7-9-11-13-23(45)39-26-30(50)27(47)21(54-36(26)57-35-25(38-19(3)43)29(49)28(48)22(17-42)55-35)16-20(44)33-31(51)32(52)34(56-33)41-15-14-24(46)40-37(41)53/h11,13-15,18,20-22,25-36,42,44,47-52H,4-10,12,16-17H2,1-3H3,(H,38,43)(H,39,45)(H,40,46,53)/b13-11+/t20?,21?,22-,25+,26+,27-,28+,29-,30+,31?,32?,33-,34-,35-,36+/m1/s1. The van der Waals surface area contributed by atoms with Crippen molar-refractivity contribution < 1.29 is 69.4 Å². The van der Waals surface area contributed by atoms with E-state index in [-0.39, 0.29) is 0 Å². The van der Waals surface area contributed by atoms with Crippen molar-refractivity contribution in [3.63, 3.8) is 0 Å². The smallest absolute Gasteiger partial charge is 0.330 e. The molecule has 2 amide bonds. The van der Waals surface area contributed by atoms with E-state index in [4.69, 9.17) is 18.9 Å². The van der Waals surface area contributed by atoms with Crippen LogP contribution in [-0.2, 0) is 28.5 Å². The second kappa shape index (κ2) is 21.8. The number of aromatic amines is 1. The molecule has 3 aliphatic heterocycles. The van der Waals surface area contributed by atoms with E-state index in [0.717, 1.165) is 49.4 Å². The highest BCUT2D eigenvalue weighted by Crippen LogP contribution is 2.34. The Balaban J connectivity index is 1.48. The second-order valence-electron chi connectivity index (χ2n) is 15.4. The topological polar surface area (TPSA) is 312 Å². The maximum atomic E-state index is 13.1. The molecule has 0 aromatic carbocycles. The van der Waals surface area contributed by atoms with Gasteiger partial charge in [0.05, 0.1) is 18.8 Å². The number of nitrogens with one attached hydrogen (secondary N) is 3. The molecule has 15 atom stereocenters. The third-order valence-corrected chi connectivity index (χ3v) is 10.5. The number of carbonyl (C=O) groups excluding carboxylic acids is 2. The summed E-state index contributed by atoms with van der Waals surface area (Å²) in [4.78, 5) is 51.0. The van der Waals surface area contributed by atoms with Crippen LogP contribution in [0.1, 0.15) is 84.8 Å². The van der Waals surface area contributed by atoms with Crippen molar-refractivity contribution in [2.45, 2.75) is 170 Å². The Morgan fingerprint density at radius 3 is 2.05 bits per heavy atom. The lowest BCUT2D eigenvalue weighted by molar-refractivity contribution is -0.346. The summed E-state index contributed by atoms with van der Waals surface area (Å²) in [7, 11) is 0. The lowest BCUT2D eigenvalue weighted by Gasteiger charge is -2.47. The number of H-pyrrole nitrogens is 1. The van der Waals surface area contributed by atoms with Gasteiger partial charge in [-0.2, -0.15) is 0 Å². The van der Waals surface area contributed by atoms with Crippen LogP contribution in [0, 0.1) is 5.92 Å². The van der Waals surface area contributed by atoms with Crippen LogP contribution in [0.15, 0.2) is 34.0 Å². The Hall–Kier alpha value is -3.12. The Kier molecular flexibility index (Phi) is 17.8. The molecule has 3 aliphatic rings. The van der Waals surface area contributed by atoms with Crippen LogP contribution < -0.4 is 21.9 Å². The Labute approximate surface area is 329 Å². The number of unbranched alkanes of at least 4 members (excludes halogenated alkanes) is 6. The fourth-order valence-electron chi connectivity index (χ4n) is 7.27. The minimum absolute atomic E-state index is 0.598. The maximum absolute atomic E-state index is 13.1. The van der Waals surface area contributed by atoms with Crippen molar-refractivity contribution in [1.82, 2.24) is 20.2 Å². The molecule has 0 radical (unpaired) electrons. The van der Waals surface area contributed by atoms with Crippen LogP contribution in [0.3, 0.4) is 0 Å².